The molecular weight excluding hydrogens is 382 g/mol. The first-order valence-corrected chi connectivity index (χ1v) is 10.1. The Morgan fingerprint density at radius 3 is 2.59 bits per heavy atom. The van der Waals surface area contributed by atoms with E-state index < -0.39 is 0 Å². The first-order valence-electron chi connectivity index (χ1n) is 9.22. The van der Waals surface area contributed by atoms with Crippen molar-refractivity contribution in [1.82, 2.24) is 25.6 Å². The van der Waals surface area contributed by atoms with E-state index >= 15 is 0 Å². The van der Waals surface area contributed by atoms with Gasteiger partial charge in [0, 0.05) is 16.5 Å². The molecule has 0 bridgehead atoms. The van der Waals surface area contributed by atoms with Crippen LogP contribution in [0, 0.1) is 0 Å². The highest BCUT2D eigenvalue weighted by Gasteiger charge is 2.12. The molecule has 2 heterocycles. The molecule has 142 valence electrons. The van der Waals surface area contributed by atoms with Crippen LogP contribution in [0.2, 0.25) is 0 Å². The van der Waals surface area contributed by atoms with Gasteiger partial charge in [0.1, 0.15) is 10.8 Å². The number of H-pyrrole nitrogens is 1. The fourth-order valence-electron chi connectivity index (χ4n) is 3.17. The molecule has 1 N–H and O–H groups in total. The maximum absolute atomic E-state index is 5.95. The number of benzene rings is 3. The summed E-state index contributed by atoms with van der Waals surface area (Å²) in [7, 11) is 0. The average molecular weight is 399 g/mol. The van der Waals surface area contributed by atoms with Crippen LogP contribution in [0.15, 0.2) is 72.1 Å². The Hall–Kier alpha value is -3.58. The number of thiazole rings is 1. The van der Waals surface area contributed by atoms with Crippen LogP contribution in [0.1, 0.15) is 18.9 Å². The number of tetrazole rings is 1. The Labute approximate surface area is 171 Å². The molecule has 0 amide bonds. The number of ether oxygens (including phenoxy) is 1. The van der Waals surface area contributed by atoms with Gasteiger partial charge in [0.25, 0.3) is 0 Å². The van der Waals surface area contributed by atoms with E-state index in [2.05, 4.69) is 62.4 Å². The molecule has 0 saturated carbocycles. The van der Waals surface area contributed by atoms with Gasteiger partial charge in [-0.25, -0.2) is 10.1 Å². The number of hydrogen-bond donors (Lipinski definition) is 1. The van der Waals surface area contributed by atoms with Crippen molar-refractivity contribution in [1.29, 1.82) is 0 Å². The van der Waals surface area contributed by atoms with Crippen molar-refractivity contribution in [3.63, 3.8) is 0 Å². The first-order chi connectivity index (χ1) is 14.3. The van der Waals surface area contributed by atoms with Gasteiger partial charge >= 0.3 is 0 Å². The predicted molar refractivity (Wildman–Crippen MR) is 114 cm³/mol. The largest absolute Gasteiger partial charge is 0.483 e. The standard InChI is InChI=1S/C22H17N5OS/c1-14(21-24-26-27-25-21)28-19-10-9-16-11-18(8-7-17(16)12-19)20-13-29-22(23-20)15-5-3-2-4-6-15/h2-14H,1H3,(H,24,25,26,27). The van der Waals surface area contributed by atoms with E-state index in [9.17, 15) is 0 Å². The van der Waals surface area contributed by atoms with Gasteiger partial charge in [-0.3, -0.25) is 0 Å². The van der Waals surface area contributed by atoms with E-state index in [0.717, 1.165) is 38.4 Å². The van der Waals surface area contributed by atoms with E-state index in [1.54, 1.807) is 11.3 Å². The highest BCUT2D eigenvalue weighted by atomic mass is 32.1. The number of nitrogens with zero attached hydrogens (tertiary/aromatic N) is 4. The molecule has 0 fully saturated rings. The molecule has 0 aliphatic carbocycles. The Morgan fingerprint density at radius 2 is 1.76 bits per heavy atom. The van der Waals surface area contributed by atoms with Crippen LogP contribution in [0.25, 0.3) is 32.6 Å². The normalized spacial score (nSPS) is 12.2. The Balaban J connectivity index is 1.40. The summed E-state index contributed by atoms with van der Waals surface area (Å²) in [6.07, 6.45) is -0.256. The fraction of sp³-hybridized carbons (Fsp3) is 0.0909. The van der Waals surface area contributed by atoms with Crippen molar-refractivity contribution in [2.24, 2.45) is 0 Å². The molecule has 5 aromatic rings. The smallest absolute Gasteiger partial charge is 0.189 e. The van der Waals surface area contributed by atoms with Crippen molar-refractivity contribution < 1.29 is 4.74 Å². The van der Waals surface area contributed by atoms with Gasteiger partial charge in [0.15, 0.2) is 11.9 Å². The van der Waals surface area contributed by atoms with Crippen molar-refractivity contribution in [3.8, 4) is 27.6 Å². The minimum Gasteiger partial charge on any atom is -0.483 e. The quantitative estimate of drug-likeness (QED) is 0.435. The molecular formula is C22H17N5OS. The Morgan fingerprint density at radius 1 is 0.931 bits per heavy atom. The summed E-state index contributed by atoms with van der Waals surface area (Å²) >= 11 is 1.66. The van der Waals surface area contributed by atoms with Crippen LogP contribution < -0.4 is 4.74 Å². The monoisotopic (exact) mass is 399 g/mol. The van der Waals surface area contributed by atoms with Crippen molar-refractivity contribution in [3.05, 3.63) is 77.9 Å². The van der Waals surface area contributed by atoms with Gasteiger partial charge in [-0.15, -0.1) is 16.4 Å². The zero-order valence-electron chi connectivity index (χ0n) is 15.6. The molecule has 5 rings (SSSR count). The molecule has 0 spiro atoms. The Bertz CT molecular complexity index is 1250. The minimum absolute atomic E-state index is 0.256. The third-order valence-corrected chi connectivity index (χ3v) is 5.58. The molecule has 0 aliphatic rings. The van der Waals surface area contributed by atoms with Crippen LogP contribution in [-0.4, -0.2) is 25.6 Å². The zero-order valence-corrected chi connectivity index (χ0v) is 16.4. The van der Waals surface area contributed by atoms with E-state index in [1.165, 1.54) is 0 Å². The molecule has 1 unspecified atom stereocenters. The van der Waals surface area contributed by atoms with Crippen molar-refractivity contribution >= 4 is 22.1 Å². The van der Waals surface area contributed by atoms with Gasteiger partial charge in [0.2, 0.25) is 0 Å². The van der Waals surface area contributed by atoms with Gasteiger partial charge in [-0.05, 0) is 46.3 Å². The number of rotatable bonds is 5. The van der Waals surface area contributed by atoms with Gasteiger partial charge in [0.05, 0.1) is 5.69 Å². The lowest BCUT2D eigenvalue weighted by atomic mass is 10.1. The maximum atomic E-state index is 5.95. The van der Waals surface area contributed by atoms with E-state index in [4.69, 9.17) is 9.72 Å². The minimum atomic E-state index is -0.256. The van der Waals surface area contributed by atoms with Crippen LogP contribution in [0.5, 0.6) is 5.75 Å². The summed E-state index contributed by atoms with van der Waals surface area (Å²) < 4.78 is 5.95. The highest BCUT2D eigenvalue weighted by Crippen LogP contribution is 2.31. The maximum Gasteiger partial charge on any atom is 0.189 e. The first kappa shape index (κ1) is 17.5. The Kier molecular flexibility index (Phi) is 4.50. The zero-order chi connectivity index (χ0) is 19.6. The molecule has 0 radical (unpaired) electrons. The fourth-order valence-corrected chi connectivity index (χ4v) is 4.01. The lowest BCUT2D eigenvalue weighted by Gasteiger charge is -2.12. The van der Waals surface area contributed by atoms with Crippen LogP contribution in [0.4, 0.5) is 0 Å². The molecule has 6 nitrogen and oxygen atoms in total. The third kappa shape index (κ3) is 3.60. The van der Waals surface area contributed by atoms with Gasteiger partial charge in [-0.2, -0.15) is 0 Å². The summed E-state index contributed by atoms with van der Waals surface area (Å²) in [5.74, 6) is 1.37. The summed E-state index contributed by atoms with van der Waals surface area (Å²) in [6.45, 7) is 1.90. The van der Waals surface area contributed by atoms with E-state index in [-0.39, 0.29) is 6.10 Å². The van der Waals surface area contributed by atoms with E-state index in [0.29, 0.717) is 5.82 Å². The number of aromatic nitrogens is 5. The summed E-state index contributed by atoms with van der Waals surface area (Å²) in [6, 6.07) is 22.6. The van der Waals surface area contributed by atoms with Crippen LogP contribution in [0.3, 0.4) is 0 Å². The molecule has 2 aromatic heterocycles. The molecule has 0 saturated heterocycles. The lowest BCUT2D eigenvalue weighted by molar-refractivity contribution is 0.217. The van der Waals surface area contributed by atoms with Gasteiger partial charge in [-0.1, -0.05) is 48.5 Å². The second kappa shape index (κ2) is 7.44. The second-order valence-electron chi connectivity index (χ2n) is 6.67. The number of aromatic amines is 1. The molecule has 29 heavy (non-hydrogen) atoms. The summed E-state index contributed by atoms with van der Waals surface area (Å²) in [5.41, 5.74) is 3.23. The number of hydrogen-bond acceptors (Lipinski definition) is 6. The molecule has 1 atom stereocenters. The second-order valence-corrected chi connectivity index (χ2v) is 7.53. The average Bonchev–Trinajstić information content (AvgIpc) is 3.46. The number of nitrogens with one attached hydrogen (secondary N) is 1. The number of fused-ring (bicyclic) bond motifs is 1. The van der Waals surface area contributed by atoms with Crippen LogP contribution in [-0.2, 0) is 0 Å². The predicted octanol–water partition coefficient (Wildman–Crippen LogP) is 5.28. The highest BCUT2D eigenvalue weighted by molar-refractivity contribution is 7.13. The molecule has 3 aromatic carbocycles. The third-order valence-electron chi connectivity index (χ3n) is 4.69. The lowest BCUT2D eigenvalue weighted by Crippen LogP contribution is -2.05. The molecule has 0 aliphatic heterocycles. The summed E-state index contributed by atoms with van der Waals surface area (Å²) in [5, 5.41) is 19.2. The van der Waals surface area contributed by atoms with Crippen molar-refractivity contribution in [2.45, 2.75) is 13.0 Å². The van der Waals surface area contributed by atoms with Gasteiger partial charge < -0.3 is 4.74 Å². The van der Waals surface area contributed by atoms with Crippen molar-refractivity contribution in [2.75, 3.05) is 0 Å². The topological polar surface area (TPSA) is 76.6 Å². The SMILES string of the molecule is CC(Oc1ccc2cc(-c3csc(-c4ccccc4)n3)ccc2c1)c1nnn[nH]1. The van der Waals surface area contributed by atoms with Crippen LogP contribution >= 0.6 is 11.3 Å². The van der Waals surface area contributed by atoms with E-state index in [1.807, 2.05) is 37.3 Å². The summed E-state index contributed by atoms with van der Waals surface area (Å²) in [4.78, 5) is 4.81. The molecule has 7 heteroatoms.